The maximum absolute atomic E-state index is 13.0. The van der Waals surface area contributed by atoms with Crippen molar-refractivity contribution in [2.75, 3.05) is 11.4 Å². The van der Waals surface area contributed by atoms with Gasteiger partial charge >= 0.3 is 6.18 Å². The molecule has 2 aromatic carbocycles. The van der Waals surface area contributed by atoms with Gasteiger partial charge in [-0.15, -0.1) is 0 Å². The minimum absolute atomic E-state index is 0.0148. The highest BCUT2D eigenvalue weighted by Gasteiger charge is 2.31. The molecule has 0 atom stereocenters. The molecule has 3 nitrogen and oxygen atoms in total. The van der Waals surface area contributed by atoms with E-state index in [2.05, 4.69) is 0 Å². The van der Waals surface area contributed by atoms with Gasteiger partial charge in [0.1, 0.15) is 6.54 Å². The minimum Gasteiger partial charge on any atom is -0.369 e. The smallest absolute Gasteiger partial charge is 0.369 e. The number of carbonyl (C=O) groups excluding carboxylic acids is 1. The van der Waals surface area contributed by atoms with Gasteiger partial charge in [-0.1, -0.05) is 23.9 Å². The van der Waals surface area contributed by atoms with E-state index in [4.69, 9.17) is 5.73 Å². The second-order valence-electron chi connectivity index (χ2n) is 5.38. The van der Waals surface area contributed by atoms with E-state index in [1.807, 2.05) is 0 Å². The van der Waals surface area contributed by atoms with Crippen LogP contribution < -0.4 is 10.6 Å². The summed E-state index contributed by atoms with van der Waals surface area (Å²) in [5.41, 5.74) is 6.14. The van der Waals surface area contributed by atoms with E-state index in [9.17, 15) is 26.7 Å². The van der Waals surface area contributed by atoms with E-state index in [-0.39, 0.29) is 22.7 Å². The van der Waals surface area contributed by atoms with Crippen molar-refractivity contribution in [3.05, 3.63) is 54.1 Å². The molecule has 140 valence electrons. The van der Waals surface area contributed by atoms with Crippen LogP contribution >= 0.6 is 11.8 Å². The van der Waals surface area contributed by atoms with Crippen molar-refractivity contribution in [1.29, 1.82) is 0 Å². The van der Waals surface area contributed by atoms with Crippen molar-refractivity contribution >= 4 is 29.0 Å². The average molecular weight is 390 g/mol. The Morgan fingerprint density at radius 1 is 1.00 bits per heavy atom. The lowest BCUT2D eigenvalue weighted by atomic mass is 10.1. The van der Waals surface area contributed by atoms with Gasteiger partial charge in [-0.2, -0.15) is 22.0 Å². The molecule has 0 unspecified atom stereocenters. The third-order valence-corrected chi connectivity index (χ3v) is 4.06. The van der Waals surface area contributed by atoms with E-state index in [1.54, 1.807) is 0 Å². The number of hydrogen-bond acceptors (Lipinski definition) is 3. The van der Waals surface area contributed by atoms with Gasteiger partial charge < -0.3 is 10.6 Å². The number of rotatable bonds is 7. The van der Waals surface area contributed by atoms with E-state index in [0.29, 0.717) is 17.3 Å². The van der Waals surface area contributed by atoms with E-state index in [1.165, 1.54) is 48.5 Å². The zero-order chi connectivity index (χ0) is 19.3. The fraction of sp³-hybridized carbons (Fsp3) is 0.235. The Balaban J connectivity index is 2.29. The van der Waals surface area contributed by atoms with Crippen LogP contribution in [-0.2, 0) is 11.2 Å². The summed E-state index contributed by atoms with van der Waals surface area (Å²) < 4.78 is 63.7. The zero-order valence-electron chi connectivity index (χ0n) is 13.3. The molecule has 0 aliphatic heterocycles. The van der Waals surface area contributed by atoms with Crippen LogP contribution in [0.1, 0.15) is 5.56 Å². The molecule has 2 N–H and O–H groups in total. The molecule has 0 fully saturated rings. The third kappa shape index (κ3) is 6.21. The first-order valence-electron chi connectivity index (χ1n) is 7.40. The maximum atomic E-state index is 13.0. The molecule has 9 heteroatoms. The molecule has 26 heavy (non-hydrogen) atoms. The normalized spacial score (nSPS) is 11.6. The molecule has 0 aliphatic carbocycles. The number of benzene rings is 2. The topological polar surface area (TPSA) is 46.3 Å². The van der Waals surface area contributed by atoms with E-state index < -0.39 is 24.4 Å². The fourth-order valence-electron chi connectivity index (χ4n) is 2.31. The Hall–Kier alpha value is -2.29. The minimum atomic E-state index is -4.47. The molecule has 0 saturated carbocycles. The molecule has 0 saturated heterocycles. The Morgan fingerprint density at radius 2 is 1.50 bits per heavy atom. The number of hydrogen-bond donors (Lipinski definition) is 1. The van der Waals surface area contributed by atoms with Crippen LogP contribution in [-0.4, -0.2) is 24.4 Å². The Morgan fingerprint density at radius 3 is 1.92 bits per heavy atom. The molecule has 0 aromatic heterocycles. The van der Waals surface area contributed by atoms with Crippen LogP contribution in [0.5, 0.6) is 0 Å². The number of halogens is 5. The van der Waals surface area contributed by atoms with Crippen LogP contribution in [0.4, 0.5) is 33.3 Å². The van der Waals surface area contributed by atoms with Gasteiger partial charge in [-0.05, 0) is 42.0 Å². The molecule has 1 amide bonds. The van der Waals surface area contributed by atoms with Crippen molar-refractivity contribution in [3.8, 4) is 0 Å². The molecule has 0 bridgehead atoms. The average Bonchev–Trinajstić information content (AvgIpc) is 2.52. The first kappa shape index (κ1) is 20.0. The molecule has 2 aromatic rings. The first-order valence-corrected chi connectivity index (χ1v) is 8.28. The quantitative estimate of drug-likeness (QED) is 0.549. The third-order valence-electron chi connectivity index (χ3n) is 3.34. The predicted octanol–water partition coefficient (Wildman–Crippen LogP) is 4.73. The molecule has 0 radical (unpaired) electrons. The first-order chi connectivity index (χ1) is 12.1. The highest BCUT2D eigenvalue weighted by atomic mass is 32.2. The van der Waals surface area contributed by atoms with Gasteiger partial charge in [0.25, 0.3) is 5.76 Å². The Labute approximate surface area is 151 Å². The largest absolute Gasteiger partial charge is 0.406 e. The van der Waals surface area contributed by atoms with Gasteiger partial charge in [0.05, 0.1) is 6.42 Å². The van der Waals surface area contributed by atoms with Crippen molar-refractivity contribution in [3.63, 3.8) is 0 Å². The summed E-state index contributed by atoms with van der Waals surface area (Å²) in [6, 6.07) is 11.3. The van der Waals surface area contributed by atoms with Gasteiger partial charge in [0.2, 0.25) is 5.91 Å². The van der Waals surface area contributed by atoms with Crippen LogP contribution in [0.25, 0.3) is 0 Å². The number of amides is 1. The van der Waals surface area contributed by atoms with Crippen LogP contribution in [0, 0.1) is 0 Å². The van der Waals surface area contributed by atoms with Gasteiger partial charge in [0, 0.05) is 16.3 Å². The number of anilines is 2. The molecular formula is C17H15F5N2OS. The molecule has 0 spiro atoms. The number of thioether (sulfide) groups is 1. The summed E-state index contributed by atoms with van der Waals surface area (Å²) in [5, 5.41) is 0. The summed E-state index contributed by atoms with van der Waals surface area (Å²) in [4.78, 5) is 12.2. The van der Waals surface area contributed by atoms with Crippen LogP contribution in [0.2, 0.25) is 0 Å². The van der Waals surface area contributed by atoms with Crippen molar-refractivity contribution in [2.45, 2.75) is 23.3 Å². The summed E-state index contributed by atoms with van der Waals surface area (Å²) in [5.74, 6) is -3.15. The number of nitrogens with zero attached hydrogens (tertiary/aromatic N) is 1. The second-order valence-corrected chi connectivity index (χ2v) is 6.45. The summed E-state index contributed by atoms with van der Waals surface area (Å²) in [6.45, 7) is -1.25. The molecule has 0 aliphatic rings. The van der Waals surface area contributed by atoms with Gasteiger partial charge in [0.15, 0.2) is 0 Å². The second kappa shape index (κ2) is 8.39. The fourth-order valence-corrected chi connectivity index (χ4v) is 2.81. The highest BCUT2D eigenvalue weighted by molar-refractivity contribution is 7.99. The lowest BCUT2D eigenvalue weighted by Crippen LogP contribution is -2.30. The maximum Gasteiger partial charge on any atom is 0.406 e. The lowest BCUT2D eigenvalue weighted by Gasteiger charge is -2.26. The van der Waals surface area contributed by atoms with E-state index in [0.717, 1.165) is 4.90 Å². The van der Waals surface area contributed by atoms with Crippen molar-refractivity contribution in [1.82, 2.24) is 0 Å². The lowest BCUT2D eigenvalue weighted by molar-refractivity contribution is -0.118. The Bertz CT molecular complexity index is 732. The highest BCUT2D eigenvalue weighted by Crippen LogP contribution is 2.32. The number of nitrogens with two attached hydrogens (primary N) is 1. The zero-order valence-corrected chi connectivity index (χ0v) is 14.2. The SMILES string of the molecule is NC(=O)Cc1ccc(N(CC(F)(F)F)c2ccc(SC(F)F)cc2)cc1. The van der Waals surface area contributed by atoms with Crippen molar-refractivity contribution in [2.24, 2.45) is 5.73 Å². The Kier molecular flexibility index (Phi) is 6.47. The summed E-state index contributed by atoms with van der Waals surface area (Å²) in [7, 11) is 0. The monoisotopic (exact) mass is 390 g/mol. The molecule has 2 rings (SSSR count). The predicted molar refractivity (Wildman–Crippen MR) is 90.7 cm³/mol. The number of carbonyl (C=O) groups is 1. The summed E-state index contributed by atoms with van der Waals surface area (Å²) >= 11 is 0.318. The molecule has 0 heterocycles. The molecular weight excluding hydrogens is 375 g/mol. The van der Waals surface area contributed by atoms with Gasteiger partial charge in [-0.25, -0.2) is 0 Å². The van der Waals surface area contributed by atoms with Crippen molar-refractivity contribution < 1.29 is 26.7 Å². The van der Waals surface area contributed by atoms with Gasteiger partial charge in [-0.3, -0.25) is 4.79 Å². The summed E-state index contributed by atoms with van der Waals surface area (Å²) in [6.07, 6.45) is -4.48. The number of primary amides is 1. The van der Waals surface area contributed by atoms with Crippen LogP contribution in [0.3, 0.4) is 0 Å². The van der Waals surface area contributed by atoms with Crippen LogP contribution in [0.15, 0.2) is 53.4 Å². The van der Waals surface area contributed by atoms with E-state index >= 15 is 0 Å². The number of alkyl halides is 5. The standard InChI is InChI=1S/C17H15F5N2OS/c18-16(19)26-14-7-5-13(6-8-14)24(10-17(20,21)22)12-3-1-11(2-4-12)9-15(23)25/h1-8,16H,9-10H2,(H2,23,25).